The molecule has 3 nitrogen and oxygen atoms in total. The third-order valence-electron chi connectivity index (χ3n) is 5.78. The van der Waals surface area contributed by atoms with Gasteiger partial charge >= 0.3 is 0 Å². The summed E-state index contributed by atoms with van der Waals surface area (Å²) in [5, 5.41) is 9.90. The zero-order valence-corrected chi connectivity index (χ0v) is 12.6. The maximum absolute atomic E-state index is 9.90. The fraction of sp³-hybridized carbons (Fsp3) is 1.00. The summed E-state index contributed by atoms with van der Waals surface area (Å²) in [6.07, 6.45) is 3.77. The minimum atomic E-state index is -0.370. The molecule has 2 saturated carbocycles. The lowest BCUT2D eigenvalue weighted by Crippen LogP contribution is -2.39. The largest absolute Gasteiger partial charge is 0.389 e. The summed E-state index contributed by atoms with van der Waals surface area (Å²) in [5.74, 6) is 0.804. The van der Waals surface area contributed by atoms with Crippen molar-refractivity contribution in [3.05, 3.63) is 0 Å². The highest BCUT2D eigenvalue weighted by Crippen LogP contribution is 2.66. The Morgan fingerprint density at radius 2 is 2.00 bits per heavy atom. The standard InChI is InChI=1S/C15H29NO2/c1-14(2)11-6-7-15(14,3)13(8-11)18-10-12(17)9-16(4)5/h11-13,17H,6-10H2,1-5H3/t11-,12+,13+,15-/m1/s1. The summed E-state index contributed by atoms with van der Waals surface area (Å²) in [6, 6.07) is 0. The molecule has 0 radical (unpaired) electrons. The van der Waals surface area contributed by atoms with Gasteiger partial charge in [0, 0.05) is 6.54 Å². The maximum atomic E-state index is 9.90. The summed E-state index contributed by atoms with van der Waals surface area (Å²) in [7, 11) is 3.95. The summed E-state index contributed by atoms with van der Waals surface area (Å²) in [6.45, 7) is 8.31. The van der Waals surface area contributed by atoms with Crippen molar-refractivity contribution < 1.29 is 9.84 Å². The lowest BCUT2D eigenvalue weighted by atomic mass is 9.70. The van der Waals surface area contributed by atoms with Gasteiger partial charge in [-0.1, -0.05) is 20.8 Å². The molecule has 0 aromatic carbocycles. The highest BCUT2D eigenvalue weighted by molar-refractivity contribution is 5.11. The van der Waals surface area contributed by atoms with E-state index in [4.69, 9.17) is 4.74 Å². The number of rotatable bonds is 5. The third-order valence-corrected chi connectivity index (χ3v) is 5.78. The first-order valence-corrected chi connectivity index (χ1v) is 7.22. The molecule has 4 atom stereocenters. The van der Waals surface area contributed by atoms with Crippen LogP contribution in [0.4, 0.5) is 0 Å². The fourth-order valence-electron chi connectivity index (χ4n) is 4.08. The van der Waals surface area contributed by atoms with Crippen LogP contribution in [0, 0.1) is 16.7 Å². The second-order valence-corrected chi connectivity index (χ2v) is 7.35. The Morgan fingerprint density at radius 3 is 2.44 bits per heavy atom. The van der Waals surface area contributed by atoms with E-state index >= 15 is 0 Å². The van der Waals surface area contributed by atoms with E-state index in [1.807, 2.05) is 19.0 Å². The van der Waals surface area contributed by atoms with Gasteiger partial charge in [0.25, 0.3) is 0 Å². The minimum Gasteiger partial charge on any atom is -0.389 e. The number of aliphatic hydroxyl groups excluding tert-OH is 1. The molecular formula is C15H29NO2. The molecule has 0 aromatic rings. The van der Waals surface area contributed by atoms with Gasteiger partial charge in [-0.25, -0.2) is 0 Å². The molecule has 1 N–H and O–H groups in total. The Morgan fingerprint density at radius 1 is 1.33 bits per heavy atom. The predicted octanol–water partition coefficient (Wildman–Crippen LogP) is 2.14. The van der Waals surface area contributed by atoms with Crippen LogP contribution >= 0.6 is 0 Å². The number of nitrogens with zero attached hydrogens (tertiary/aromatic N) is 1. The number of ether oxygens (including phenoxy) is 1. The van der Waals surface area contributed by atoms with Crippen molar-refractivity contribution in [3.8, 4) is 0 Å². The van der Waals surface area contributed by atoms with E-state index in [9.17, 15) is 5.11 Å². The van der Waals surface area contributed by atoms with Crippen LogP contribution in [0.15, 0.2) is 0 Å². The summed E-state index contributed by atoms with van der Waals surface area (Å²) >= 11 is 0. The van der Waals surface area contributed by atoms with E-state index in [0.717, 1.165) is 5.92 Å². The van der Waals surface area contributed by atoms with E-state index in [2.05, 4.69) is 20.8 Å². The lowest BCUT2D eigenvalue weighted by Gasteiger charge is -2.39. The Kier molecular flexibility index (Phi) is 3.79. The topological polar surface area (TPSA) is 32.7 Å². The first-order valence-electron chi connectivity index (χ1n) is 7.22. The molecule has 0 unspecified atom stereocenters. The monoisotopic (exact) mass is 255 g/mol. The maximum Gasteiger partial charge on any atom is 0.0900 e. The number of fused-ring (bicyclic) bond motifs is 2. The van der Waals surface area contributed by atoms with E-state index in [-0.39, 0.29) is 6.10 Å². The van der Waals surface area contributed by atoms with Crippen LogP contribution in [-0.4, -0.2) is 49.5 Å². The fourth-order valence-corrected chi connectivity index (χ4v) is 4.08. The Balaban J connectivity index is 1.89. The molecule has 0 aliphatic heterocycles. The Hall–Kier alpha value is -0.120. The van der Waals surface area contributed by atoms with Crippen LogP contribution in [0.1, 0.15) is 40.0 Å². The van der Waals surface area contributed by atoms with E-state index in [1.165, 1.54) is 19.3 Å². The van der Waals surface area contributed by atoms with Gasteiger partial charge in [0.1, 0.15) is 0 Å². The molecule has 2 aliphatic carbocycles. The van der Waals surface area contributed by atoms with Crippen molar-refractivity contribution in [2.75, 3.05) is 27.2 Å². The smallest absolute Gasteiger partial charge is 0.0900 e. The van der Waals surface area contributed by atoms with Gasteiger partial charge in [0.05, 0.1) is 18.8 Å². The quantitative estimate of drug-likeness (QED) is 0.817. The van der Waals surface area contributed by atoms with Crippen LogP contribution in [0.5, 0.6) is 0 Å². The van der Waals surface area contributed by atoms with Gasteiger partial charge < -0.3 is 14.7 Å². The van der Waals surface area contributed by atoms with Crippen molar-refractivity contribution in [3.63, 3.8) is 0 Å². The van der Waals surface area contributed by atoms with Gasteiger partial charge in [0.15, 0.2) is 0 Å². The highest BCUT2D eigenvalue weighted by atomic mass is 16.5. The molecule has 0 heterocycles. The summed E-state index contributed by atoms with van der Waals surface area (Å²) in [4.78, 5) is 2.00. The average molecular weight is 255 g/mol. The average Bonchev–Trinajstić information content (AvgIpc) is 2.57. The second kappa shape index (κ2) is 4.77. The van der Waals surface area contributed by atoms with Crippen molar-refractivity contribution in [2.24, 2.45) is 16.7 Å². The number of likely N-dealkylation sites (N-methyl/N-ethyl adjacent to an activating group) is 1. The van der Waals surface area contributed by atoms with E-state index in [1.54, 1.807) is 0 Å². The third kappa shape index (κ3) is 2.21. The number of hydrogen-bond acceptors (Lipinski definition) is 3. The highest BCUT2D eigenvalue weighted by Gasteiger charge is 2.61. The zero-order valence-electron chi connectivity index (χ0n) is 12.6. The molecule has 0 saturated heterocycles. The molecule has 2 bridgehead atoms. The molecule has 2 fully saturated rings. The van der Waals surface area contributed by atoms with Gasteiger partial charge in [-0.15, -0.1) is 0 Å². The Bertz CT molecular complexity index is 303. The molecule has 106 valence electrons. The molecule has 0 amide bonds. The molecule has 3 heteroatoms. The van der Waals surface area contributed by atoms with Crippen LogP contribution in [-0.2, 0) is 4.74 Å². The Labute approximate surface area is 112 Å². The summed E-state index contributed by atoms with van der Waals surface area (Å²) < 4.78 is 6.06. The van der Waals surface area contributed by atoms with Crippen LogP contribution in [0.3, 0.4) is 0 Å². The van der Waals surface area contributed by atoms with Crippen molar-refractivity contribution in [1.29, 1.82) is 0 Å². The zero-order chi connectivity index (χ0) is 13.6. The molecule has 2 aliphatic rings. The first kappa shape index (κ1) is 14.3. The van der Waals surface area contributed by atoms with Crippen LogP contribution < -0.4 is 0 Å². The van der Waals surface area contributed by atoms with Crippen molar-refractivity contribution in [1.82, 2.24) is 4.90 Å². The minimum absolute atomic E-state index is 0.301. The van der Waals surface area contributed by atoms with Gasteiger partial charge in [-0.05, 0) is 50.1 Å². The first-order chi connectivity index (χ1) is 8.27. The molecule has 2 rings (SSSR count). The lowest BCUT2D eigenvalue weighted by molar-refractivity contribution is -0.0776. The van der Waals surface area contributed by atoms with Gasteiger partial charge in [-0.3, -0.25) is 0 Å². The van der Waals surface area contributed by atoms with Crippen molar-refractivity contribution in [2.45, 2.75) is 52.2 Å². The molecule has 0 spiro atoms. The van der Waals surface area contributed by atoms with Crippen LogP contribution in [0.2, 0.25) is 0 Å². The SMILES string of the molecule is CN(C)C[C@H](O)CO[C@H]1C[C@H]2CC[C@@]1(C)C2(C)C. The molecule has 18 heavy (non-hydrogen) atoms. The van der Waals surface area contributed by atoms with Crippen LogP contribution in [0.25, 0.3) is 0 Å². The predicted molar refractivity (Wildman–Crippen MR) is 73.5 cm³/mol. The number of aliphatic hydroxyl groups is 1. The van der Waals surface area contributed by atoms with Gasteiger partial charge in [0.2, 0.25) is 0 Å². The van der Waals surface area contributed by atoms with Crippen molar-refractivity contribution >= 4 is 0 Å². The normalized spacial score (nSPS) is 39.5. The number of hydrogen-bond donors (Lipinski definition) is 1. The van der Waals surface area contributed by atoms with E-state index < -0.39 is 0 Å². The van der Waals surface area contributed by atoms with E-state index in [0.29, 0.717) is 30.1 Å². The molecule has 0 aromatic heterocycles. The second-order valence-electron chi connectivity index (χ2n) is 7.35. The summed E-state index contributed by atoms with van der Waals surface area (Å²) in [5.41, 5.74) is 0.694. The molecular weight excluding hydrogens is 226 g/mol. The van der Waals surface area contributed by atoms with Gasteiger partial charge in [-0.2, -0.15) is 0 Å².